The van der Waals surface area contributed by atoms with Crippen molar-refractivity contribution in [1.82, 2.24) is 0 Å². The van der Waals surface area contributed by atoms with Crippen LogP contribution in [0.1, 0.15) is 25.0 Å². The molecule has 1 rings (SSSR count). The summed E-state index contributed by atoms with van der Waals surface area (Å²) in [6.07, 6.45) is 1.69. The minimum atomic E-state index is -0.137. The quantitative estimate of drug-likeness (QED) is 0.288. The molecule has 6 nitrogen and oxygen atoms in total. The van der Waals surface area contributed by atoms with Crippen LogP contribution in [0.3, 0.4) is 0 Å². The van der Waals surface area contributed by atoms with E-state index in [1.165, 1.54) is 0 Å². The number of thiol groups is 2. The van der Waals surface area contributed by atoms with Crippen molar-refractivity contribution in [2.45, 2.75) is 31.8 Å². The average molecular weight is 464 g/mol. The molecule has 0 N–H and O–H groups in total. The number of hydrogen-bond acceptors (Lipinski definition) is 8. The van der Waals surface area contributed by atoms with Crippen molar-refractivity contribution in [1.29, 1.82) is 0 Å². The van der Waals surface area contributed by atoms with E-state index < -0.39 is 0 Å². The third-order valence-corrected chi connectivity index (χ3v) is 4.05. The molecule has 1 aromatic carbocycles. The van der Waals surface area contributed by atoms with Crippen LogP contribution in [0.25, 0.3) is 0 Å². The molecule has 0 aliphatic heterocycles. The van der Waals surface area contributed by atoms with Gasteiger partial charge in [-0.05, 0) is 43.4 Å². The number of benzene rings is 1. The first-order chi connectivity index (χ1) is 14.4. The van der Waals surface area contributed by atoms with Gasteiger partial charge in [-0.1, -0.05) is 6.07 Å². The monoisotopic (exact) mass is 463 g/mol. The van der Waals surface area contributed by atoms with Crippen molar-refractivity contribution in [3.05, 3.63) is 29.3 Å². The summed E-state index contributed by atoms with van der Waals surface area (Å²) < 4.78 is 26.7. The highest BCUT2D eigenvalue weighted by Gasteiger charge is 2.19. The fraction of sp³-hybridized carbons (Fsp3) is 0.727. The molecule has 0 aliphatic rings. The zero-order valence-electron chi connectivity index (χ0n) is 19.5. The maximum atomic E-state index is 5.75. The van der Waals surface area contributed by atoms with Crippen LogP contribution in [-0.4, -0.2) is 78.5 Å². The molecular weight excluding hydrogens is 422 g/mol. The van der Waals surface area contributed by atoms with E-state index in [-0.39, 0.29) is 4.75 Å². The maximum Gasteiger partial charge on any atom is 0.0713 e. The molecule has 0 aliphatic carbocycles. The van der Waals surface area contributed by atoms with Crippen LogP contribution < -0.4 is 4.90 Å². The molecule has 0 heterocycles. The summed E-state index contributed by atoms with van der Waals surface area (Å²) in [7, 11) is 5.08. The Bertz CT molecular complexity index is 516. The first kappa shape index (κ1) is 29.5. The molecule has 0 radical (unpaired) electrons. The Kier molecular flexibility index (Phi) is 17.8. The summed E-state index contributed by atoms with van der Waals surface area (Å²) in [5, 5.41) is 0. The van der Waals surface area contributed by atoms with Crippen LogP contribution in [-0.2, 0) is 36.9 Å². The molecule has 0 saturated heterocycles. The van der Waals surface area contributed by atoms with Crippen LogP contribution in [0, 0.1) is 0 Å². The lowest BCUT2D eigenvalue weighted by Crippen LogP contribution is -2.37. The number of anilines is 1. The summed E-state index contributed by atoms with van der Waals surface area (Å²) in [5.74, 6) is 0. The van der Waals surface area contributed by atoms with Crippen molar-refractivity contribution >= 4 is 30.9 Å². The highest BCUT2D eigenvalue weighted by atomic mass is 32.1. The van der Waals surface area contributed by atoms with Crippen molar-refractivity contribution < 1.29 is 23.7 Å². The molecule has 0 bridgehead atoms. The van der Waals surface area contributed by atoms with Gasteiger partial charge in [0.1, 0.15) is 0 Å². The SMILES string of the molecule is COCCOCCOCCN(CC(C)(C)S)c1cc(COC)cc(COC)c1.CS. The summed E-state index contributed by atoms with van der Waals surface area (Å²) in [6.45, 7) is 9.88. The van der Waals surface area contributed by atoms with Gasteiger partial charge >= 0.3 is 0 Å². The minimum Gasteiger partial charge on any atom is -0.382 e. The van der Waals surface area contributed by atoms with E-state index in [0.717, 1.165) is 29.9 Å². The molecule has 176 valence electrons. The third-order valence-electron chi connectivity index (χ3n) is 3.91. The van der Waals surface area contributed by atoms with Gasteiger partial charge in [-0.3, -0.25) is 0 Å². The molecule has 0 atom stereocenters. The topological polar surface area (TPSA) is 49.4 Å². The Balaban J connectivity index is 0.00000407. The Hall–Kier alpha value is -0.480. The van der Waals surface area contributed by atoms with Gasteiger partial charge in [0.25, 0.3) is 0 Å². The van der Waals surface area contributed by atoms with Gasteiger partial charge in [-0.2, -0.15) is 25.3 Å². The van der Waals surface area contributed by atoms with Crippen molar-refractivity contribution in [3.63, 3.8) is 0 Å². The zero-order valence-corrected chi connectivity index (χ0v) is 21.3. The van der Waals surface area contributed by atoms with Gasteiger partial charge < -0.3 is 28.6 Å². The Labute approximate surface area is 194 Å². The van der Waals surface area contributed by atoms with Gasteiger partial charge in [0.15, 0.2) is 0 Å². The van der Waals surface area contributed by atoms with E-state index in [0.29, 0.717) is 46.2 Å². The standard InChI is InChI=1S/C21H37NO5S.CH4S/c1-21(2,28)17-22(6-7-26-10-11-27-9-8-23-3)20-13-18(15-24-4)12-19(14-20)16-25-5;1-2/h12-14,28H,6-11,15-17H2,1-5H3;2H,1H3. The van der Waals surface area contributed by atoms with Gasteiger partial charge in [-0.25, -0.2) is 0 Å². The van der Waals surface area contributed by atoms with Crippen LogP contribution >= 0.6 is 25.3 Å². The second kappa shape index (κ2) is 18.1. The lowest BCUT2D eigenvalue weighted by Gasteiger charge is -2.32. The molecule has 0 saturated carbocycles. The number of methoxy groups -OCH3 is 3. The van der Waals surface area contributed by atoms with Gasteiger partial charge in [-0.15, -0.1) is 0 Å². The molecule has 8 heteroatoms. The van der Waals surface area contributed by atoms with Crippen molar-refractivity contribution in [2.75, 3.05) is 78.6 Å². The lowest BCUT2D eigenvalue weighted by atomic mass is 10.1. The van der Waals surface area contributed by atoms with E-state index in [1.54, 1.807) is 27.6 Å². The minimum absolute atomic E-state index is 0.137. The second-order valence-electron chi connectivity index (χ2n) is 7.33. The molecule has 0 aromatic heterocycles. The van der Waals surface area contributed by atoms with Crippen molar-refractivity contribution in [3.8, 4) is 0 Å². The van der Waals surface area contributed by atoms with E-state index in [2.05, 4.69) is 49.6 Å². The predicted octanol–water partition coefficient (Wildman–Crippen LogP) is 3.72. The van der Waals surface area contributed by atoms with Gasteiger partial charge in [0.2, 0.25) is 0 Å². The fourth-order valence-electron chi connectivity index (χ4n) is 2.83. The van der Waals surface area contributed by atoms with E-state index >= 15 is 0 Å². The molecule has 0 spiro atoms. The second-order valence-corrected chi connectivity index (χ2v) is 8.54. The Morgan fingerprint density at radius 1 is 0.767 bits per heavy atom. The number of nitrogens with zero attached hydrogens (tertiary/aromatic N) is 1. The smallest absolute Gasteiger partial charge is 0.0713 e. The molecule has 30 heavy (non-hydrogen) atoms. The lowest BCUT2D eigenvalue weighted by molar-refractivity contribution is 0.0264. The molecular formula is C22H41NO5S2. The maximum absolute atomic E-state index is 5.75. The summed E-state index contributed by atoms with van der Waals surface area (Å²) >= 11 is 8.25. The summed E-state index contributed by atoms with van der Waals surface area (Å²) in [4.78, 5) is 2.30. The predicted molar refractivity (Wildman–Crippen MR) is 132 cm³/mol. The van der Waals surface area contributed by atoms with Crippen molar-refractivity contribution in [2.24, 2.45) is 0 Å². The van der Waals surface area contributed by atoms with E-state index in [9.17, 15) is 0 Å². The normalized spacial score (nSPS) is 11.2. The average Bonchev–Trinajstić information content (AvgIpc) is 2.70. The molecule has 1 aromatic rings. The first-order valence-corrected chi connectivity index (χ1v) is 11.4. The third kappa shape index (κ3) is 14.5. The van der Waals surface area contributed by atoms with E-state index in [4.69, 9.17) is 36.3 Å². The molecule has 0 unspecified atom stereocenters. The van der Waals surface area contributed by atoms with Crippen LogP contribution in [0.2, 0.25) is 0 Å². The fourth-order valence-corrected chi connectivity index (χ4v) is 3.00. The highest BCUT2D eigenvalue weighted by Crippen LogP contribution is 2.24. The van der Waals surface area contributed by atoms with E-state index in [1.807, 2.05) is 0 Å². The first-order valence-electron chi connectivity index (χ1n) is 10.1. The Morgan fingerprint density at radius 2 is 1.27 bits per heavy atom. The largest absolute Gasteiger partial charge is 0.382 e. The van der Waals surface area contributed by atoms with Crippen LogP contribution in [0.5, 0.6) is 0 Å². The number of rotatable bonds is 16. The molecule has 0 amide bonds. The number of hydrogen-bond donors (Lipinski definition) is 2. The summed E-state index contributed by atoms with van der Waals surface area (Å²) in [5.41, 5.74) is 3.38. The number of ether oxygens (including phenoxy) is 5. The summed E-state index contributed by atoms with van der Waals surface area (Å²) in [6, 6.07) is 6.44. The highest BCUT2D eigenvalue weighted by molar-refractivity contribution is 7.81. The molecule has 0 fully saturated rings. The van der Waals surface area contributed by atoms with Crippen LogP contribution in [0.15, 0.2) is 18.2 Å². The van der Waals surface area contributed by atoms with Gasteiger partial charge in [0, 0.05) is 44.9 Å². The zero-order chi connectivity index (χ0) is 22.8. The van der Waals surface area contributed by atoms with Crippen LogP contribution in [0.4, 0.5) is 5.69 Å². The Morgan fingerprint density at radius 3 is 1.73 bits per heavy atom. The van der Waals surface area contributed by atoms with Gasteiger partial charge in [0.05, 0.1) is 46.2 Å².